The molecule has 3 N–H and O–H groups in total. The molecule has 2 rings (SSSR count). The van der Waals surface area contributed by atoms with E-state index >= 15 is 0 Å². The van der Waals surface area contributed by atoms with Crippen LogP contribution in [-0.4, -0.2) is 40.7 Å². The molecule has 0 bridgehead atoms. The monoisotopic (exact) mass is 390 g/mol. The number of hydrogen-bond acceptors (Lipinski definition) is 8. The first kappa shape index (κ1) is 21.2. The van der Waals surface area contributed by atoms with Crippen molar-refractivity contribution in [2.24, 2.45) is 5.92 Å². The number of nitrogens with one attached hydrogen (secondary N) is 3. The zero-order valence-electron chi connectivity index (χ0n) is 16.5. The average molecular weight is 390 g/mol. The Bertz CT molecular complexity index is 755. The molecule has 0 radical (unpaired) electrons. The van der Waals surface area contributed by atoms with E-state index in [4.69, 9.17) is 14.7 Å². The van der Waals surface area contributed by atoms with E-state index in [1.807, 2.05) is 6.07 Å². The maximum absolute atomic E-state index is 12.5. The lowest BCUT2D eigenvalue weighted by Crippen LogP contribution is -2.45. The molecule has 2 atom stereocenters. The summed E-state index contributed by atoms with van der Waals surface area (Å²) in [7, 11) is 1.39. The SMILES string of the molecule is COc1nc(NNC(=O)[C@H]2CCC[C@@H](NC(=O)OC(C)(C)C)C2)ncc1C#N. The van der Waals surface area contributed by atoms with E-state index in [0.717, 1.165) is 19.3 Å². The van der Waals surface area contributed by atoms with Gasteiger partial charge in [-0.15, -0.1) is 0 Å². The lowest BCUT2D eigenvalue weighted by atomic mass is 9.85. The van der Waals surface area contributed by atoms with Crippen molar-refractivity contribution in [2.45, 2.75) is 58.1 Å². The van der Waals surface area contributed by atoms with Gasteiger partial charge in [-0.25, -0.2) is 9.78 Å². The van der Waals surface area contributed by atoms with Crippen LogP contribution in [0, 0.1) is 17.2 Å². The van der Waals surface area contributed by atoms with E-state index in [2.05, 4.69) is 26.1 Å². The van der Waals surface area contributed by atoms with Crippen molar-refractivity contribution < 1.29 is 19.1 Å². The fourth-order valence-electron chi connectivity index (χ4n) is 2.91. The molecule has 10 heteroatoms. The van der Waals surface area contributed by atoms with Gasteiger partial charge in [-0.1, -0.05) is 6.42 Å². The molecule has 0 aromatic carbocycles. The molecule has 2 amide bonds. The third-order valence-corrected chi connectivity index (χ3v) is 4.13. The van der Waals surface area contributed by atoms with E-state index < -0.39 is 11.7 Å². The Kier molecular flexibility index (Phi) is 6.98. The standard InChI is InChI=1S/C18H26N6O4/c1-18(2,3)28-17(26)21-13-7-5-6-11(8-13)14(25)23-24-16-20-10-12(9-19)15(22-16)27-4/h10-11,13H,5-8H2,1-4H3,(H,21,26)(H,23,25)(H,20,22,24)/t11-,13+/m0/s1. The van der Waals surface area contributed by atoms with Gasteiger partial charge in [0.2, 0.25) is 17.7 Å². The number of carbonyl (C=O) groups is 2. The summed E-state index contributed by atoms with van der Waals surface area (Å²) >= 11 is 0. The molecule has 1 aromatic rings. The molecular formula is C18H26N6O4. The van der Waals surface area contributed by atoms with Gasteiger partial charge in [0.25, 0.3) is 0 Å². The third-order valence-electron chi connectivity index (χ3n) is 4.13. The molecule has 1 saturated carbocycles. The van der Waals surface area contributed by atoms with Crippen molar-refractivity contribution in [3.63, 3.8) is 0 Å². The molecule has 10 nitrogen and oxygen atoms in total. The first-order chi connectivity index (χ1) is 13.2. The number of hydrazine groups is 1. The van der Waals surface area contributed by atoms with Gasteiger partial charge in [0.05, 0.1) is 13.3 Å². The normalized spacial score (nSPS) is 19.1. The second kappa shape index (κ2) is 9.21. The van der Waals surface area contributed by atoms with E-state index in [-0.39, 0.29) is 35.3 Å². The topological polar surface area (TPSA) is 138 Å². The molecule has 1 aliphatic rings. The molecule has 0 spiro atoms. The third kappa shape index (κ3) is 6.26. The number of aromatic nitrogens is 2. The molecule has 0 aliphatic heterocycles. The van der Waals surface area contributed by atoms with Gasteiger partial charge in [-0.05, 0) is 40.0 Å². The Morgan fingerprint density at radius 3 is 2.71 bits per heavy atom. The highest BCUT2D eigenvalue weighted by Gasteiger charge is 2.29. The number of amides is 2. The number of anilines is 1. The van der Waals surface area contributed by atoms with E-state index in [9.17, 15) is 9.59 Å². The number of carbonyl (C=O) groups excluding carboxylic acids is 2. The first-order valence-corrected chi connectivity index (χ1v) is 9.08. The highest BCUT2D eigenvalue weighted by atomic mass is 16.6. The zero-order valence-corrected chi connectivity index (χ0v) is 16.5. The highest BCUT2D eigenvalue weighted by Crippen LogP contribution is 2.25. The summed E-state index contributed by atoms with van der Waals surface area (Å²) in [5.41, 5.74) is 4.83. The maximum Gasteiger partial charge on any atom is 0.407 e. The Labute approximate surface area is 164 Å². The summed E-state index contributed by atoms with van der Waals surface area (Å²) in [6, 6.07) is 1.80. The second-order valence-corrected chi connectivity index (χ2v) is 7.55. The number of nitrogens with zero attached hydrogens (tertiary/aromatic N) is 3. The molecule has 0 saturated heterocycles. The van der Waals surface area contributed by atoms with Crippen molar-refractivity contribution in [2.75, 3.05) is 12.5 Å². The Morgan fingerprint density at radius 2 is 2.07 bits per heavy atom. The van der Waals surface area contributed by atoms with E-state index in [1.165, 1.54) is 13.3 Å². The summed E-state index contributed by atoms with van der Waals surface area (Å²) in [5, 5.41) is 11.8. The number of alkyl carbamates (subject to hydrolysis) is 1. The lowest BCUT2D eigenvalue weighted by Gasteiger charge is -2.30. The summed E-state index contributed by atoms with van der Waals surface area (Å²) in [5.74, 6) is -0.249. The number of hydrogen-bond donors (Lipinski definition) is 3. The van der Waals surface area contributed by atoms with Crippen LogP contribution in [0.2, 0.25) is 0 Å². The van der Waals surface area contributed by atoms with Gasteiger partial charge < -0.3 is 14.8 Å². The van der Waals surface area contributed by atoms with Crippen LogP contribution in [0.25, 0.3) is 0 Å². The molecule has 1 heterocycles. The van der Waals surface area contributed by atoms with Crippen LogP contribution in [0.4, 0.5) is 10.7 Å². The van der Waals surface area contributed by atoms with Crippen LogP contribution in [0.3, 0.4) is 0 Å². The summed E-state index contributed by atoms with van der Waals surface area (Å²) < 4.78 is 10.3. The van der Waals surface area contributed by atoms with Gasteiger partial charge >= 0.3 is 6.09 Å². The Morgan fingerprint density at radius 1 is 1.32 bits per heavy atom. The predicted molar refractivity (Wildman–Crippen MR) is 100 cm³/mol. The quantitative estimate of drug-likeness (QED) is 0.648. The number of nitriles is 1. The van der Waals surface area contributed by atoms with Gasteiger partial charge in [-0.3, -0.25) is 15.6 Å². The number of rotatable bonds is 5. The number of methoxy groups -OCH3 is 1. The summed E-state index contributed by atoms with van der Waals surface area (Å²) in [6.07, 6.45) is 3.69. The van der Waals surface area contributed by atoms with Crippen LogP contribution < -0.4 is 20.9 Å². The van der Waals surface area contributed by atoms with Crippen LogP contribution in [-0.2, 0) is 9.53 Å². The average Bonchev–Trinajstić information content (AvgIpc) is 2.64. The summed E-state index contributed by atoms with van der Waals surface area (Å²) in [6.45, 7) is 5.40. The lowest BCUT2D eigenvalue weighted by molar-refractivity contribution is -0.125. The molecule has 0 unspecified atom stereocenters. The maximum atomic E-state index is 12.5. The molecule has 152 valence electrons. The van der Waals surface area contributed by atoms with Crippen LogP contribution in [0.5, 0.6) is 5.88 Å². The van der Waals surface area contributed by atoms with Gasteiger partial charge in [0.15, 0.2) is 0 Å². The largest absolute Gasteiger partial charge is 0.480 e. The highest BCUT2D eigenvalue weighted by molar-refractivity contribution is 5.80. The van der Waals surface area contributed by atoms with Crippen molar-refractivity contribution in [3.05, 3.63) is 11.8 Å². The van der Waals surface area contributed by atoms with Crippen molar-refractivity contribution in [1.82, 2.24) is 20.7 Å². The number of ether oxygens (including phenoxy) is 2. The Balaban J connectivity index is 1.87. The van der Waals surface area contributed by atoms with Gasteiger partial charge in [0.1, 0.15) is 17.2 Å². The van der Waals surface area contributed by atoms with E-state index in [0.29, 0.717) is 6.42 Å². The predicted octanol–water partition coefficient (Wildman–Crippen LogP) is 1.88. The fourth-order valence-corrected chi connectivity index (χ4v) is 2.91. The van der Waals surface area contributed by atoms with E-state index in [1.54, 1.807) is 20.8 Å². The van der Waals surface area contributed by atoms with Crippen molar-refractivity contribution in [1.29, 1.82) is 5.26 Å². The molecule has 1 aromatic heterocycles. The van der Waals surface area contributed by atoms with Gasteiger partial charge in [0, 0.05) is 12.0 Å². The zero-order chi connectivity index (χ0) is 20.7. The smallest absolute Gasteiger partial charge is 0.407 e. The minimum absolute atomic E-state index is 0.114. The van der Waals surface area contributed by atoms with Crippen molar-refractivity contribution >= 4 is 17.9 Å². The van der Waals surface area contributed by atoms with Crippen LogP contribution in [0.1, 0.15) is 52.0 Å². The van der Waals surface area contributed by atoms with Crippen LogP contribution >= 0.6 is 0 Å². The molecule has 28 heavy (non-hydrogen) atoms. The first-order valence-electron chi connectivity index (χ1n) is 9.08. The Hall–Kier alpha value is -3.09. The molecular weight excluding hydrogens is 364 g/mol. The molecule has 1 fully saturated rings. The van der Waals surface area contributed by atoms with Crippen molar-refractivity contribution in [3.8, 4) is 11.9 Å². The van der Waals surface area contributed by atoms with Crippen LogP contribution in [0.15, 0.2) is 6.20 Å². The molecule has 1 aliphatic carbocycles. The minimum atomic E-state index is -0.568. The minimum Gasteiger partial charge on any atom is -0.480 e. The second-order valence-electron chi connectivity index (χ2n) is 7.55. The fraction of sp³-hybridized carbons (Fsp3) is 0.611. The summed E-state index contributed by atoms with van der Waals surface area (Å²) in [4.78, 5) is 32.3. The van der Waals surface area contributed by atoms with Gasteiger partial charge in [-0.2, -0.15) is 10.2 Å².